The Labute approximate surface area is 110 Å². The van der Waals surface area contributed by atoms with Gasteiger partial charge in [0.2, 0.25) is 0 Å². The summed E-state index contributed by atoms with van der Waals surface area (Å²) in [6.45, 7) is 5.82. The van der Waals surface area contributed by atoms with Crippen LogP contribution in [0.3, 0.4) is 0 Å². The van der Waals surface area contributed by atoms with Crippen LogP contribution in [0.5, 0.6) is 0 Å². The van der Waals surface area contributed by atoms with Crippen molar-refractivity contribution in [3.8, 4) is 0 Å². The Hall–Kier alpha value is -0.750. The van der Waals surface area contributed by atoms with Crippen LogP contribution in [0.15, 0.2) is 24.3 Å². The number of rotatable bonds is 3. The number of hydrogen-bond donors (Lipinski definition) is 0. The van der Waals surface area contributed by atoms with Gasteiger partial charge in [0, 0.05) is 0 Å². The molecule has 4 nitrogen and oxygen atoms in total. The van der Waals surface area contributed by atoms with Gasteiger partial charge < -0.3 is 14.0 Å². The molecule has 0 amide bonds. The van der Waals surface area contributed by atoms with E-state index in [4.69, 9.17) is 9.47 Å². The van der Waals surface area contributed by atoms with Crippen molar-refractivity contribution in [3.63, 3.8) is 0 Å². The van der Waals surface area contributed by atoms with E-state index in [1.807, 2.05) is 31.2 Å². The standard InChI is InChI=1S/C13H18O4S/c1-9-4-6-10(7-5-9)12(18(14)15)11-8-16-13(2,3)17-11/h4-7,11-12H,8H2,1-3H3,(H,14,15)/p-1. The molecule has 0 N–H and O–H groups in total. The molecule has 3 unspecified atom stereocenters. The largest absolute Gasteiger partial charge is 0.772 e. The molecule has 1 aliphatic rings. The SMILES string of the molecule is Cc1ccc(C(C2COC(C)(C)O2)S(=O)[O-])cc1. The Balaban J connectivity index is 2.24. The fourth-order valence-corrected chi connectivity index (χ4v) is 2.83. The minimum Gasteiger partial charge on any atom is -0.772 e. The van der Waals surface area contributed by atoms with Gasteiger partial charge in [0.1, 0.15) is 6.10 Å². The third-order valence-corrected chi connectivity index (χ3v) is 3.97. The van der Waals surface area contributed by atoms with E-state index in [-0.39, 0.29) is 0 Å². The maximum Gasteiger partial charge on any atom is 0.163 e. The lowest BCUT2D eigenvalue weighted by molar-refractivity contribution is -0.138. The molecule has 100 valence electrons. The molecule has 1 heterocycles. The summed E-state index contributed by atoms with van der Waals surface area (Å²) in [5.74, 6) is -0.715. The van der Waals surface area contributed by atoms with Crippen molar-refractivity contribution in [2.45, 2.75) is 37.9 Å². The third kappa shape index (κ3) is 2.98. The molecular weight excluding hydrogens is 252 g/mol. The van der Waals surface area contributed by atoms with Crippen LogP contribution in [0, 0.1) is 6.92 Å². The van der Waals surface area contributed by atoms with Gasteiger partial charge >= 0.3 is 0 Å². The monoisotopic (exact) mass is 269 g/mol. The van der Waals surface area contributed by atoms with E-state index in [0.717, 1.165) is 11.1 Å². The van der Waals surface area contributed by atoms with E-state index in [0.29, 0.717) is 6.61 Å². The quantitative estimate of drug-likeness (QED) is 0.788. The van der Waals surface area contributed by atoms with E-state index in [9.17, 15) is 8.76 Å². The number of aryl methyl sites for hydroxylation is 1. The molecule has 0 aromatic heterocycles. The van der Waals surface area contributed by atoms with Gasteiger partial charge in [-0.3, -0.25) is 4.21 Å². The lowest BCUT2D eigenvalue weighted by Gasteiger charge is -2.26. The van der Waals surface area contributed by atoms with E-state index >= 15 is 0 Å². The molecule has 18 heavy (non-hydrogen) atoms. The molecule has 1 aliphatic heterocycles. The number of hydrogen-bond acceptors (Lipinski definition) is 4. The van der Waals surface area contributed by atoms with Gasteiger partial charge in [-0.2, -0.15) is 0 Å². The van der Waals surface area contributed by atoms with Crippen molar-refractivity contribution in [1.82, 2.24) is 0 Å². The summed E-state index contributed by atoms with van der Waals surface area (Å²) in [4.78, 5) is 0. The smallest absolute Gasteiger partial charge is 0.163 e. The highest BCUT2D eigenvalue weighted by atomic mass is 32.2. The zero-order chi connectivity index (χ0) is 13.3. The first-order chi connectivity index (χ1) is 8.39. The van der Waals surface area contributed by atoms with Crippen LogP contribution in [0.1, 0.15) is 30.2 Å². The average molecular weight is 269 g/mol. The van der Waals surface area contributed by atoms with Gasteiger partial charge in [0.25, 0.3) is 0 Å². The van der Waals surface area contributed by atoms with Crippen LogP contribution in [0.4, 0.5) is 0 Å². The highest BCUT2D eigenvalue weighted by molar-refractivity contribution is 7.79. The van der Waals surface area contributed by atoms with E-state index in [1.54, 1.807) is 13.8 Å². The molecule has 0 bridgehead atoms. The maximum atomic E-state index is 11.4. The van der Waals surface area contributed by atoms with Crippen LogP contribution in [0.25, 0.3) is 0 Å². The van der Waals surface area contributed by atoms with Gasteiger partial charge in [-0.05, 0) is 37.4 Å². The fourth-order valence-electron chi connectivity index (χ4n) is 2.07. The molecule has 1 fully saturated rings. The second-order valence-corrected chi connectivity index (χ2v) is 5.99. The van der Waals surface area contributed by atoms with Crippen molar-refractivity contribution in [3.05, 3.63) is 35.4 Å². The summed E-state index contributed by atoms with van der Waals surface area (Å²) in [5.41, 5.74) is 1.83. The molecule has 1 saturated heterocycles. The Bertz CT molecular complexity index is 441. The third-order valence-electron chi connectivity index (χ3n) is 2.98. The second kappa shape index (κ2) is 5.09. The predicted molar refractivity (Wildman–Crippen MR) is 67.7 cm³/mol. The molecular formula is C13H17O4S-. The molecule has 5 heteroatoms. The van der Waals surface area contributed by atoms with Crippen LogP contribution >= 0.6 is 0 Å². The molecule has 2 rings (SSSR count). The summed E-state index contributed by atoms with van der Waals surface area (Å²) in [7, 11) is 0. The van der Waals surface area contributed by atoms with Crippen molar-refractivity contribution in [2.24, 2.45) is 0 Å². The average Bonchev–Trinajstić information content (AvgIpc) is 2.61. The molecule has 0 radical (unpaired) electrons. The van der Waals surface area contributed by atoms with Crippen molar-refractivity contribution in [1.29, 1.82) is 0 Å². The van der Waals surface area contributed by atoms with Gasteiger partial charge in [0.15, 0.2) is 5.79 Å². The van der Waals surface area contributed by atoms with Gasteiger partial charge in [0.05, 0.1) is 11.9 Å². The first kappa shape index (κ1) is 13.7. The predicted octanol–water partition coefficient (Wildman–Crippen LogP) is 2.07. The van der Waals surface area contributed by atoms with Crippen molar-refractivity contribution >= 4 is 11.1 Å². The highest BCUT2D eigenvalue weighted by Gasteiger charge is 2.38. The normalized spacial score (nSPS) is 25.9. The van der Waals surface area contributed by atoms with E-state index in [2.05, 4.69) is 0 Å². The lowest BCUT2D eigenvalue weighted by atomic mass is 10.1. The minimum absolute atomic E-state index is 0.291. The van der Waals surface area contributed by atoms with E-state index in [1.165, 1.54) is 0 Å². The molecule has 0 saturated carbocycles. The van der Waals surface area contributed by atoms with E-state index < -0.39 is 28.2 Å². The van der Waals surface area contributed by atoms with Crippen LogP contribution < -0.4 is 0 Å². The zero-order valence-corrected chi connectivity index (χ0v) is 11.5. The Morgan fingerprint density at radius 3 is 2.44 bits per heavy atom. The molecule has 0 spiro atoms. The van der Waals surface area contributed by atoms with Gasteiger partial charge in [-0.15, -0.1) is 0 Å². The minimum atomic E-state index is -2.24. The first-order valence-corrected chi connectivity index (χ1v) is 6.99. The molecule has 1 aromatic carbocycles. The summed E-state index contributed by atoms with van der Waals surface area (Å²) in [6.07, 6.45) is -0.457. The van der Waals surface area contributed by atoms with Crippen LogP contribution in [-0.2, 0) is 20.6 Å². The molecule has 1 aromatic rings. The van der Waals surface area contributed by atoms with Crippen molar-refractivity contribution < 1.29 is 18.2 Å². The van der Waals surface area contributed by atoms with Crippen molar-refractivity contribution in [2.75, 3.05) is 6.61 Å². The van der Waals surface area contributed by atoms with Crippen LogP contribution in [0.2, 0.25) is 0 Å². The Morgan fingerprint density at radius 1 is 1.39 bits per heavy atom. The van der Waals surface area contributed by atoms with Gasteiger partial charge in [-0.25, -0.2) is 0 Å². The summed E-state index contributed by atoms with van der Waals surface area (Å²) in [6, 6.07) is 7.45. The zero-order valence-electron chi connectivity index (χ0n) is 10.7. The highest BCUT2D eigenvalue weighted by Crippen LogP contribution is 2.33. The summed E-state index contributed by atoms with van der Waals surface area (Å²) >= 11 is -2.24. The maximum absolute atomic E-state index is 11.4. The number of benzene rings is 1. The lowest BCUT2D eigenvalue weighted by Crippen LogP contribution is -2.28. The van der Waals surface area contributed by atoms with Crippen LogP contribution in [-0.4, -0.2) is 27.3 Å². The summed E-state index contributed by atoms with van der Waals surface area (Å²) in [5, 5.41) is -0.688. The molecule has 3 atom stereocenters. The fraction of sp³-hybridized carbons (Fsp3) is 0.538. The molecule has 0 aliphatic carbocycles. The Morgan fingerprint density at radius 2 is 2.00 bits per heavy atom. The second-order valence-electron chi connectivity index (χ2n) is 4.96. The number of ether oxygens (including phenoxy) is 2. The first-order valence-electron chi connectivity index (χ1n) is 5.85. The topological polar surface area (TPSA) is 58.6 Å². The van der Waals surface area contributed by atoms with Gasteiger partial charge in [-0.1, -0.05) is 29.8 Å². The Kier molecular flexibility index (Phi) is 3.87. The summed E-state index contributed by atoms with van der Waals surface area (Å²) < 4.78 is 34.0.